The Balaban J connectivity index is 4.12. The minimum Gasteiger partial charge on any atom is -0.339 e. The minimum atomic E-state index is 0.259. The number of hydrogen-bond acceptors (Lipinski definition) is 2. The summed E-state index contributed by atoms with van der Waals surface area (Å²) in [5.41, 5.74) is 5.61. The third-order valence-electron chi connectivity index (χ3n) is 3.23. The predicted molar refractivity (Wildman–Crippen MR) is 78.4 cm³/mol. The Morgan fingerprint density at radius 1 is 1.28 bits per heavy atom. The molecule has 3 nitrogen and oxygen atoms in total. The van der Waals surface area contributed by atoms with E-state index in [1.807, 2.05) is 4.90 Å². The van der Waals surface area contributed by atoms with Gasteiger partial charge in [0.15, 0.2) is 0 Å². The van der Waals surface area contributed by atoms with Gasteiger partial charge in [-0.25, -0.2) is 0 Å². The number of rotatable bonds is 11. The molecule has 0 aliphatic heterocycles. The molecular weight excluding hydrogens is 224 g/mol. The summed E-state index contributed by atoms with van der Waals surface area (Å²) < 4.78 is 0. The maximum Gasteiger partial charge on any atom is 0.222 e. The molecule has 0 saturated carbocycles. The van der Waals surface area contributed by atoms with Crippen molar-refractivity contribution in [2.75, 3.05) is 19.6 Å². The summed E-state index contributed by atoms with van der Waals surface area (Å²) in [5.74, 6) is 0.867. The van der Waals surface area contributed by atoms with Gasteiger partial charge >= 0.3 is 0 Å². The molecule has 0 fully saturated rings. The largest absolute Gasteiger partial charge is 0.339 e. The van der Waals surface area contributed by atoms with Crippen molar-refractivity contribution < 1.29 is 4.79 Å². The summed E-state index contributed by atoms with van der Waals surface area (Å²) in [6.07, 6.45) is 7.82. The Bertz CT molecular complexity index is 223. The summed E-state index contributed by atoms with van der Waals surface area (Å²) in [5, 5.41) is 0. The van der Waals surface area contributed by atoms with E-state index in [-0.39, 0.29) is 5.91 Å². The van der Waals surface area contributed by atoms with Crippen LogP contribution < -0.4 is 5.73 Å². The van der Waals surface area contributed by atoms with Crippen molar-refractivity contribution >= 4 is 5.91 Å². The standard InChI is InChI=1S/C15H30N2O/c1-4-7-14(10-11-16)8-9-15(18)17(12-5-2)13-6-3/h5,14H,2,4,6-13,16H2,1,3H3. The van der Waals surface area contributed by atoms with Crippen molar-refractivity contribution in [3.8, 4) is 0 Å². The van der Waals surface area contributed by atoms with Crippen molar-refractivity contribution in [1.82, 2.24) is 4.90 Å². The van der Waals surface area contributed by atoms with E-state index in [0.29, 0.717) is 18.9 Å². The summed E-state index contributed by atoms with van der Waals surface area (Å²) >= 11 is 0. The molecule has 0 aromatic heterocycles. The monoisotopic (exact) mass is 254 g/mol. The van der Waals surface area contributed by atoms with Crippen LogP contribution in [0.25, 0.3) is 0 Å². The first-order valence-electron chi connectivity index (χ1n) is 7.28. The lowest BCUT2D eigenvalue weighted by atomic mass is 9.94. The molecule has 0 saturated heterocycles. The Morgan fingerprint density at radius 2 is 2.00 bits per heavy atom. The van der Waals surface area contributed by atoms with E-state index in [1.54, 1.807) is 6.08 Å². The van der Waals surface area contributed by atoms with Crippen LogP contribution in [0.5, 0.6) is 0 Å². The van der Waals surface area contributed by atoms with E-state index >= 15 is 0 Å². The molecular formula is C15H30N2O. The predicted octanol–water partition coefficient (Wildman–Crippen LogP) is 2.96. The third-order valence-corrected chi connectivity index (χ3v) is 3.23. The van der Waals surface area contributed by atoms with Crippen LogP contribution in [-0.2, 0) is 4.79 Å². The van der Waals surface area contributed by atoms with Gasteiger partial charge in [-0.05, 0) is 31.7 Å². The molecule has 1 amide bonds. The van der Waals surface area contributed by atoms with Crippen molar-refractivity contribution in [2.24, 2.45) is 11.7 Å². The van der Waals surface area contributed by atoms with Gasteiger partial charge < -0.3 is 10.6 Å². The number of nitrogens with zero attached hydrogens (tertiary/aromatic N) is 1. The first-order valence-corrected chi connectivity index (χ1v) is 7.28. The molecule has 0 aliphatic carbocycles. The first kappa shape index (κ1) is 17.2. The van der Waals surface area contributed by atoms with Gasteiger partial charge in [0.25, 0.3) is 0 Å². The van der Waals surface area contributed by atoms with Crippen LogP contribution in [0.2, 0.25) is 0 Å². The molecule has 2 N–H and O–H groups in total. The number of carbonyl (C=O) groups is 1. The molecule has 0 rings (SSSR count). The normalized spacial score (nSPS) is 12.2. The lowest BCUT2D eigenvalue weighted by molar-refractivity contribution is -0.131. The summed E-state index contributed by atoms with van der Waals surface area (Å²) in [7, 11) is 0. The Labute approximate surface area is 112 Å². The van der Waals surface area contributed by atoms with Crippen molar-refractivity contribution in [3.05, 3.63) is 12.7 Å². The first-order chi connectivity index (χ1) is 8.69. The van der Waals surface area contributed by atoms with Crippen LogP contribution in [0.15, 0.2) is 12.7 Å². The highest BCUT2D eigenvalue weighted by molar-refractivity contribution is 5.76. The number of amides is 1. The number of nitrogens with two attached hydrogens (primary N) is 1. The van der Waals surface area contributed by atoms with E-state index in [9.17, 15) is 4.79 Å². The molecule has 1 unspecified atom stereocenters. The zero-order valence-electron chi connectivity index (χ0n) is 12.2. The fourth-order valence-electron chi connectivity index (χ4n) is 2.31. The SMILES string of the molecule is C=CCN(CCC)C(=O)CCC(CCC)CCN. The molecule has 106 valence electrons. The average molecular weight is 254 g/mol. The quantitative estimate of drug-likeness (QED) is 0.576. The van der Waals surface area contributed by atoms with Crippen LogP contribution in [-0.4, -0.2) is 30.4 Å². The molecule has 0 aromatic rings. The van der Waals surface area contributed by atoms with Gasteiger partial charge in [-0.1, -0.05) is 32.8 Å². The minimum absolute atomic E-state index is 0.259. The summed E-state index contributed by atoms with van der Waals surface area (Å²) in [6, 6.07) is 0. The van der Waals surface area contributed by atoms with Crippen molar-refractivity contribution in [2.45, 2.75) is 52.4 Å². The average Bonchev–Trinajstić information content (AvgIpc) is 2.36. The van der Waals surface area contributed by atoms with E-state index in [1.165, 1.54) is 12.8 Å². The Kier molecular flexibility index (Phi) is 10.8. The van der Waals surface area contributed by atoms with Crippen LogP contribution >= 0.6 is 0 Å². The highest BCUT2D eigenvalue weighted by Gasteiger charge is 2.14. The molecule has 1 atom stereocenters. The topological polar surface area (TPSA) is 46.3 Å². The molecule has 0 aliphatic rings. The van der Waals surface area contributed by atoms with E-state index in [2.05, 4.69) is 20.4 Å². The molecule has 0 radical (unpaired) electrons. The van der Waals surface area contributed by atoms with E-state index < -0.39 is 0 Å². The highest BCUT2D eigenvalue weighted by atomic mass is 16.2. The van der Waals surface area contributed by atoms with Crippen LogP contribution in [0.3, 0.4) is 0 Å². The van der Waals surface area contributed by atoms with Gasteiger partial charge in [0.2, 0.25) is 5.91 Å². The maximum absolute atomic E-state index is 12.1. The van der Waals surface area contributed by atoms with Crippen molar-refractivity contribution in [1.29, 1.82) is 0 Å². The number of carbonyl (C=O) groups excluding carboxylic acids is 1. The fourth-order valence-corrected chi connectivity index (χ4v) is 2.31. The van der Waals surface area contributed by atoms with Gasteiger partial charge in [-0.15, -0.1) is 6.58 Å². The zero-order valence-corrected chi connectivity index (χ0v) is 12.2. The van der Waals surface area contributed by atoms with Gasteiger partial charge in [-0.2, -0.15) is 0 Å². The van der Waals surface area contributed by atoms with E-state index in [0.717, 1.165) is 32.4 Å². The molecule has 3 heteroatoms. The van der Waals surface area contributed by atoms with Gasteiger partial charge in [0.05, 0.1) is 0 Å². The van der Waals surface area contributed by atoms with E-state index in [4.69, 9.17) is 5.73 Å². The molecule has 18 heavy (non-hydrogen) atoms. The van der Waals surface area contributed by atoms with Crippen molar-refractivity contribution in [3.63, 3.8) is 0 Å². The highest BCUT2D eigenvalue weighted by Crippen LogP contribution is 2.17. The second-order valence-electron chi connectivity index (χ2n) is 4.90. The van der Waals surface area contributed by atoms with Crippen LogP contribution in [0.4, 0.5) is 0 Å². The van der Waals surface area contributed by atoms with Gasteiger partial charge in [0.1, 0.15) is 0 Å². The van der Waals surface area contributed by atoms with Crippen LogP contribution in [0, 0.1) is 5.92 Å². The Morgan fingerprint density at radius 3 is 2.50 bits per heavy atom. The molecule has 0 bridgehead atoms. The maximum atomic E-state index is 12.1. The van der Waals surface area contributed by atoms with Crippen LogP contribution in [0.1, 0.15) is 52.4 Å². The fraction of sp³-hybridized carbons (Fsp3) is 0.800. The Hall–Kier alpha value is -0.830. The lowest BCUT2D eigenvalue weighted by Gasteiger charge is -2.22. The smallest absolute Gasteiger partial charge is 0.222 e. The second kappa shape index (κ2) is 11.3. The summed E-state index contributed by atoms with van der Waals surface area (Å²) in [6.45, 7) is 10.2. The van der Waals surface area contributed by atoms with Gasteiger partial charge in [0, 0.05) is 19.5 Å². The second-order valence-corrected chi connectivity index (χ2v) is 4.90. The van der Waals surface area contributed by atoms with Gasteiger partial charge in [-0.3, -0.25) is 4.79 Å². The lowest BCUT2D eigenvalue weighted by Crippen LogP contribution is -2.32. The molecule has 0 aromatic carbocycles. The number of hydrogen-bond donors (Lipinski definition) is 1. The zero-order chi connectivity index (χ0) is 13.8. The molecule has 0 heterocycles. The molecule has 0 spiro atoms. The third kappa shape index (κ3) is 7.49. The summed E-state index contributed by atoms with van der Waals surface area (Å²) in [4.78, 5) is 14.0.